The molecule has 1 saturated heterocycles. The fraction of sp³-hybridized carbons (Fsp3) is 0.700. The molecule has 1 fully saturated rings. The van der Waals surface area contributed by atoms with Crippen LogP contribution in [0.3, 0.4) is 0 Å². The molecule has 1 aliphatic rings. The highest BCUT2D eigenvalue weighted by atomic mass is 32.2. The maximum absolute atomic E-state index is 12.2. The molecular weight excluding hydrogens is 390 g/mol. The molecule has 0 unspecified atom stereocenters. The second-order valence-electron chi connectivity index (χ2n) is 7.97. The molecule has 8 nitrogen and oxygen atoms in total. The highest BCUT2D eigenvalue weighted by molar-refractivity contribution is 7.89. The van der Waals surface area contributed by atoms with Gasteiger partial charge in [-0.2, -0.15) is 0 Å². The number of imidazole rings is 1. The summed E-state index contributed by atoms with van der Waals surface area (Å²) < 4.78 is 33.4. The average molecular weight is 424 g/mol. The molecule has 0 spiro atoms. The summed E-state index contributed by atoms with van der Waals surface area (Å²) in [6, 6.07) is 2.44. The summed E-state index contributed by atoms with van der Waals surface area (Å²) in [6.45, 7) is 8.43. The van der Waals surface area contributed by atoms with Crippen molar-refractivity contribution < 1.29 is 13.2 Å². The minimum atomic E-state index is -3.13. The highest BCUT2D eigenvalue weighted by Crippen LogP contribution is 2.33. The summed E-state index contributed by atoms with van der Waals surface area (Å²) >= 11 is 0. The molecule has 0 N–H and O–H groups in total. The number of fused-ring (bicyclic) bond motifs is 1. The van der Waals surface area contributed by atoms with Gasteiger partial charge in [0.1, 0.15) is 5.52 Å². The number of piperidine rings is 1. The lowest BCUT2D eigenvalue weighted by atomic mass is 9.94. The van der Waals surface area contributed by atoms with Gasteiger partial charge in [-0.3, -0.25) is 0 Å². The Labute approximate surface area is 173 Å². The van der Waals surface area contributed by atoms with E-state index in [1.165, 1.54) is 0 Å². The van der Waals surface area contributed by atoms with E-state index in [0.717, 1.165) is 41.9 Å². The first kappa shape index (κ1) is 22.0. The van der Waals surface area contributed by atoms with Crippen molar-refractivity contribution in [2.45, 2.75) is 45.6 Å². The van der Waals surface area contributed by atoms with Crippen LogP contribution in [0.4, 0.5) is 5.82 Å². The average Bonchev–Trinajstić information content (AvgIpc) is 3.15. The van der Waals surface area contributed by atoms with Gasteiger partial charge in [-0.1, -0.05) is 0 Å². The lowest BCUT2D eigenvalue weighted by Gasteiger charge is -2.31. The number of sulfonamides is 1. The summed E-state index contributed by atoms with van der Waals surface area (Å²) in [5.41, 5.74) is 2.99. The molecule has 0 amide bonds. The Morgan fingerprint density at radius 3 is 2.59 bits per heavy atom. The zero-order valence-corrected chi connectivity index (χ0v) is 18.9. The Balaban J connectivity index is 1.94. The molecule has 2 aromatic rings. The molecule has 162 valence electrons. The summed E-state index contributed by atoms with van der Waals surface area (Å²) in [5, 5.41) is 0. The van der Waals surface area contributed by atoms with Crippen LogP contribution in [0.1, 0.15) is 51.3 Å². The molecule has 1 aliphatic heterocycles. The molecular formula is C20H33N5O3S. The number of likely N-dealkylation sites (N-methyl/N-ethyl adjacent to an activating group) is 1. The number of hydrogen-bond donors (Lipinski definition) is 0. The zero-order chi connectivity index (χ0) is 21.2. The van der Waals surface area contributed by atoms with Crippen LogP contribution in [0, 0.1) is 0 Å². The number of pyridine rings is 1. The molecule has 29 heavy (non-hydrogen) atoms. The first-order valence-electron chi connectivity index (χ1n) is 10.3. The monoisotopic (exact) mass is 423 g/mol. The van der Waals surface area contributed by atoms with Gasteiger partial charge < -0.3 is 14.2 Å². The molecule has 2 aromatic heterocycles. The lowest BCUT2D eigenvalue weighted by molar-refractivity contribution is 0.206. The van der Waals surface area contributed by atoms with E-state index in [2.05, 4.69) is 34.4 Å². The maximum Gasteiger partial charge on any atom is 0.213 e. The van der Waals surface area contributed by atoms with E-state index in [9.17, 15) is 8.42 Å². The normalized spacial score (nSPS) is 16.8. The topological polar surface area (TPSA) is 80.6 Å². The fourth-order valence-corrected chi connectivity index (χ4v) is 5.00. The smallest absolute Gasteiger partial charge is 0.213 e. The van der Waals surface area contributed by atoms with Gasteiger partial charge in [0, 0.05) is 51.4 Å². The zero-order valence-electron chi connectivity index (χ0n) is 18.1. The van der Waals surface area contributed by atoms with Crippen LogP contribution in [0.2, 0.25) is 0 Å². The number of aromatic nitrogens is 3. The van der Waals surface area contributed by atoms with Gasteiger partial charge in [0.05, 0.1) is 24.2 Å². The van der Waals surface area contributed by atoms with Crippen LogP contribution >= 0.6 is 0 Å². The standard InChI is InChI=1S/C20H33N5O3S/c1-6-29(26,27)24-9-7-16(8-10-24)17-13-18-19(21-14-25(18)15(2)3)20(22-17)23(4)11-12-28-5/h13-16H,6-12H2,1-5H3. The van der Waals surface area contributed by atoms with Crippen LogP contribution in [0.15, 0.2) is 12.4 Å². The van der Waals surface area contributed by atoms with Crippen molar-refractivity contribution in [2.24, 2.45) is 0 Å². The van der Waals surface area contributed by atoms with E-state index in [0.29, 0.717) is 25.7 Å². The molecule has 9 heteroatoms. The molecule has 3 rings (SSSR count). The fourth-order valence-electron chi connectivity index (χ4n) is 3.87. The number of hydrogen-bond acceptors (Lipinski definition) is 6. The molecule has 3 heterocycles. The second kappa shape index (κ2) is 8.97. The largest absolute Gasteiger partial charge is 0.383 e. The van der Waals surface area contributed by atoms with E-state index in [-0.39, 0.29) is 11.7 Å². The first-order valence-corrected chi connectivity index (χ1v) is 11.9. The summed E-state index contributed by atoms with van der Waals surface area (Å²) in [5.74, 6) is 1.26. The van der Waals surface area contributed by atoms with Crippen molar-refractivity contribution in [3.8, 4) is 0 Å². The number of methoxy groups -OCH3 is 1. The van der Waals surface area contributed by atoms with Crippen LogP contribution in [0.25, 0.3) is 11.0 Å². The van der Waals surface area contributed by atoms with E-state index in [1.54, 1.807) is 18.3 Å². The SMILES string of the molecule is CCS(=O)(=O)N1CCC(c2cc3c(ncn3C(C)C)c(N(C)CCOC)n2)CC1. The molecule has 0 atom stereocenters. The Morgan fingerprint density at radius 2 is 2.00 bits per heavy atom. The number of anilines is 1. The quantitative estimate of drug-likeness (QED) is 0.649. The van der Waals surface area contributed by atoms with Crippen molar-refractivity contribution in [1.29, 1.82) is 0 Å². The van der Waals surface area contributed by atoms with Gasteiger partial charge in [0.2, 0.25) is 10.0 Å². The maximum atomic E-state index is 12.2. The number of rotatable bonds is 8. The van der Waals surface area contributed by atoms with Crippen LogP contribution in [-0.4, -0.2) is 73.4 Å². The van der Waals surface area contributed by atoms with E-state index < -0.39 is 10.0 Å². The Kier molecular flexibility index (Phi) is 6.80. The van der Waals surface area contributed by atoms with Crippen molar-refractivity contribution in [1.82, 2.24) is 18.8 Å². The van der Waals surface area contributed by atoms with Crippen molar-refractivity contribution in [3.63, 3.8) is 0 Å². The van der Waals surface area contributed by atoms with E-state index in [4.69, 9.17) is 9.72 Å². The minimum absolute atomic E-state index is 0.157. The number of nitrogens with zero attached hydrogens (tertiary/aromatic N) is 5. The van der Waals surface area contributed by atoms with Crippen LogP contribution < -0.4 is 4.90 Å². The summed E-state index contributed by atoms with van der Waals surface area (Å²) in [7, 11) is 0.577. The van der Waals surface area contributed by atoms with Gasteiger partial charge in [-0.15, -0.1) is 0 Å². The van der Waals surface area contributed by atoms with Gasteiger partial charge in [0.15, 0.2) is 5.82 Å². The van der Waals surface area contributed by atoms with Crippen molar-refractivity contribution in [3.05, 3.63) is 18.1 Å². The van der Waals surface area contributed by atoms with Gasteiger partial charge >= 0.3 is 0 Å². The molecule has 0 saturated carbocycles. The minimum Gasteiger partial charge on any atom is -0.383 e. The molecule has 0 bridgehead atoms. The summed E-state index contributed by atoms with van der Waals surface area (Å²) in [4.78, 5) is 11.7. The third kappa shape index (κ3) is 4.57. The first-order chi connectivity index (χ1) is 13.8. The second-order valence-corrected chi connectivity index (χ2v) is 10.2. The van der Waals surface area contributed by atoms with E-state index in [1.807, 2.05) is 13.4 Å². The van der Waals surface area contributed by atoms with Gasteiger partial charge in [-0.25, -0.2) is 22.7 Å². The Hall–Kier alpha value is -1.71. The predicted molar refractivity (Wildman–Crippen MR) is 116 cm³/mol. The Morgan fingerprint density at radius 1 is 1.31 bits per heavy atom. The molecule has 0 aromatic carbocycles. The van der Waals surface area contributed by atoms with Crippen molar-refractivity contribution in [2.75, 3.05) is 51.1 Å². The lowest BCUT2D eigenvalue weighted by Crippen LogP contribution is -2.38. The molecule has 0 radical (unpaired) electrons. The summed E-state index contributed by atoms with van der Waals surface area (Å²) in [6.07, 6.45) is 3.45. The third-order valence-electron chi connectivity index (χ3n) is 5.74. The van der Waals surface area contributed by atoms with Gasteiger partial charge in [-0.05, 0) is 39.7 Å². The Bertz CT molecular complexity index is 933. The van der Waals surface area contributed by atoms with Gasteiger partial charge in [0.25, 0.3) is 0 Å². The van der Waals surface area contributed by atoms with E-state index >= 15 is 0 Å². The van der Waals surface area contributed by atoms with Crippen LogP contribution in [-0.2, 0) is 14.8 Å². The van der Waals surface area contributed by atoms with Crippen molar-refractivity contribution >= 4 is 26.9 Å². The molecule has 0 aliphatic carbocycles. The third-order valence-corrected chi connectivity index (χ3v) is 7.62. The number of ether oxygens (including phenoxy) is 1. The highest BCUT2D eigenvalue weighted by Gasteiger charge is 2.29. The van der Waals surface area contributed by atoms with Crippen LogP contribution in [0.5, 0.6) is 0 Å². The predicted octanol–water partition coefficient (Wildman–Crippen LogP) is 2.62.